The molecule has 0 saturated heterocycles. The van der Waals surface area contributed by atoms with Gasteiger partial charge in [0.25, 0.3) is 0 Å². The van der Waals surface area contributed by atoms with Crippen LogP contribution in [0, 0.1) is 5.41 Å². The second kappa shape index (κ2) is 5.65. The summed E-state index contributed by atoms with van der Waals surface area (Å²) < 4.78 is 2.21. The number of nitrogens with one attached hydrogen (secondary N) is 1. The number of imidazole rings is 1. The van der Waals surface area contributed by atoms with Gasteiger partial charge in [0.05, 0.1) is 12.0 Å². The van der Waals surface area contributed by atoms with Gasteiger partial charge in [-0.2, -0.15) is 0 Å². The van der Waals surface area contributed by atoms with Crippen LogP contribution in [0.4, 0.5) is 0 Å². The van der Waals surface area contributed by atoms with E-state index < -0.39 is 0 Å². The summed E-state index contributed by atoms with van der Waals surface area (Å²) in [6.45, 7) is 5.43. The van der Waals surface area contributed by atoms with Gasteiger partial charge in [-0.3, -0.25) is 0 Å². The molecule has 0 aliphatic heterocycles. The topological polar surface area (TPSA) is 50.1 Å². The molecule has 1 aliphatic rings. The van der Waals surface area contributed by atoms with Crippen molar-refractivity contribution in [1.29, 1.82) is 0 Å². The van der Waals surface area contributed by atoms with Gasteiger partial charge >= 0.3 is 0 Å². The van der Waals surface area contributed by atoms with E-state index in [0.717, 1.165) is 32.5 Å². The smallest absolute Gasteiger partial charge is 0.0948 e. The Morgan fingerprint density at radius 3 is 3.00 bits per heavy atom. The van der Waals surface area contributed by atoms with Gasteiger partial charge in [0.15, 0.2) is 0 Å². The highest BCUT2D eigenvalue weighted by atomic mass is 16.3. The molecule has 2 N–H and O–H groups in total. The average Bonchev–Trinajstić information content (AvgIpc) is 2.93. The minimum Gasteiger partial charge on any atom is -0.396 e. The van der Waals surface area contributed by atoms with E-state index in [1.807, 2.05) is 12.5 Å². The molecule has 0 radical (unpaired) electrons. The summed E-state index contributed by atoms with van der Waals surface area (Å²) in [6.07, 6.45) is 8.44. The van der Waals surface area contributed by atoms with E-state index in [2.05, 4.69) is 21.8 Å². The lowest BCUT2D eigenvalue weighted by molar-refractivity contribution is 0.245. The van der Waals surface area contributed by atoms with E-state index in [0.29, 0.717) is 12.0 Å². The summed E-state index contributed by atoms with van der Waals surface area (Å²) in [4.78, 5) is 4.19. The van der Waals surface area contributed by atoms with Gasteiger partial charge in [0, 0.05) is 32.4 Å². The molecular weight excluding hydrogens is 214 g/mol. The third-order valence-corrected chi connectivity index (χ3v) is 3.67. The highest BCUT2D eigenvalue weighted by Gasteiger charge is 2.41. The van der Waals surface area contributed by atoms with Crippen molar-refractivity contribution in [3.05, 3.63) is 18.2 Å². The van der Waals surface area contributed by atoms with E-state index in [9.17, 15) is 0 Å². The monoisotopic (exact) mass is 237 g/mol. The van der Waals surface area contributed by atoms with Crippen LogP contribution in [0.25, 0.3) is 0 Å². The van der Waals surface area contributed by atoms with Gasteiger partial charge in [-0.1, -0.05) is 6.92 Å². The Bertz CT molecular complexity index is 344. The number of nitrogens with zero attached hydrogens (tertiary/aromatic N) is 2. The molecule has 0 unspecified atom stereocenters. The van der Waals surface area contributed by atoms with E-state index in [4.69, 9.17) is 5.11 Å². The van der Waals surface area contributed by atoms with Crippen molar-refractivity contribution in [1.82, 2.24) is 14.9 Å². The van der Waals surface area contributed by atoms with Crippen LogP contribution in [0.15, 0.2) is 12.5 Å². The SMILES string of the molecule is CCCn1cncc1CNCC1(CCO)CC1. The molecule has 1 aromatic rings. The Hall–Kier alpha value is -0.870. The Labute approximate surface area is 103 Å². The summed E-state index contributed by atoms with van der Waals surface area (Å²) >= 11 is 0. The first kappa shape index (κ1) is 12.6. The number of rotatable bonds is 8. The lowest BCUT2D eigenvalue weighted by Crippen LogP contribution is -2.25. The zero-order chi connectivity index (χ0) is 12.1. The molecule has 1 saturated carbocycles. The van der Waals surface area contributed by atoms with Crippen molar-refractivity contribution < 1.29 is 5.11 Å². The predicted octanol–water partition coefficient (Wildman–Crippen LogP) is 1.55. The number of aromatic nitrogens is 2. The Morgan fingerprint density at radius 1 is 1.53 bits per heavy atom. The molecule has 17 heavy (non-hydrogen) atoms. The second-order valence-corrected chi connectivity index (χ2v) is 5.16. The van der Waals surface area contributed by atoms with E-state index in [-0.39, 0.29) is 0 Å². The molecule has 4 nitrogen and oxygen atoms in total. The molecule has 1 heterocycles. The summed E-state index contributed by atoms with van der Waals surface area (Å²) in [7, 11) is 0. The van der Waals surface area contributed by atoms with Crippen LogP contribution in [-0.4, -0.2) is 27.8 Å². The summed E-state index contributed by atoms with van der Waals surface area (Å²) in [5.41, 5.74) is 1.65. The van der Waals surface area contributed by atoms with Gasteiger partial charge in [0.2, 0.25) is 0 Å². The number of hydrogen-bond donors (Lipinski definition) is 2. The van der Waals surface area contributed by atoms with Crippen LogP contribution in [0.1, 0.15) is 38.3 Å². The first-order valence-electron chi connectivity index (χ1n) is 6.60. The predicted molar refractivity (Wildman–Crippen MR) is 67.6 cm³/mol. The van der Waals surface area contributed by atoms with Crippen molar-refractivity contribution in [2.24, 2.45) is 5.41 Å². The Balaban J connectivity index is 1.76. The zero-order valence-corrected chi connectivity index (χ0v) is 10.7. The molecule has 1 aliphatic carbocycles. The zero-order valence-electron chi connectivity index (χ0n) is 10.7. The summed E-state index contributed by atoms with van der Waals surface area (Å²) in [5.74, 6) is 0. The van der Waals surface area contributed by atoms with Gasteiger partial charge in [-0.05, 0) is 31.1 Å². The van der Waals surface area contributed by atoms with Crippen LogP contribution in [-0.2, 0) is 13.1 Å². The van der Waals surface area contributed by atoms with Gasteiger partial charge < -0.3 is 15.0 Å². The number of aliphatic hydroxyl groups is 1. The van der Waals surface area contributed by atoms with E-state index in [1.54, 1.807) is 0 Å². The van der Waals surface area contributed by atoms with Crippen LogP contribution >= 0.6 is 0 Å². The third kappa shape index (κ3) is 3.30. The van der Waals surface area contributed by atoms with Crippen molar-refractivity contribution in [2.75, 3.05) is 13.2 Å². The molecule has 2 rings (SSSR count). The minimum atomic E-state index is 0.315. The molecular formula is C13H23N3O. The Kier molecular flexibility index (Phi) is 4.18. The van der Waals surface area contributed by atoms with E-state index in [1.165, 1.54) is 18.5 Å². The maximum absolute atomic E-state index is 9.00. The molecule has 4 heteroatoms. The van der Waals surface area contributed by atoms with Gasteiger partial charge in [0.1, 0.15) is 0 Å². The number of hydrogen-bond acceptors (Lipinski definition) is 3. The van der Waals surface area contributed by atoms with Gasteiger partial charge in [-0.25, -0.2) is 4.98 Å². The summed E-state index contributed by atoms with van der Waals surface area (Å²) in [5, 5.41) is 12.5. The standard InChI is InChI=1S/C13H23N3O/c1-2-6-16-11-15-9-12(16)8-14-10-13(3-4-13)5-7-17/h9,11,14,17H,2-8,10H2,1H3. The molecule has 0 atom stereocenters. The largest absolute Gasteiger partial charge is 0.396 e. The fourth-order valence-corrected chi connectivity index (χ4v) is 2.32. The molecule has 96 valence electrons. The molecule has 1 aromatic heterocycles. The fraction of sp³-hybridized carbons (Fsp3) is 0.769. The Morgan fingerprint density at radius 2 is 2.35 bits per heavy atom. The van der Waals surface area contributed by atoms with Crippen LogP contribution in [0.5, 0.6) is 0 Å². The van der Waals surface area contributed by atoms with Gasteiger partial charge in [-0.15, -0.1) is 0 Å². The number of aliphatic hydroxyl groups excluding tert-OH is 1. The highest BCUT2D eigenvalue weighted by Crippen LogP contribution is 2.47. The number of aryl methyl sites for hydroxylation is 1. The maximum Gasteiger partial charge on any atom is 0.0948 e. The third-order valence-electron chi connectivity index (χ3n) is 3.67. The lowest BCUT2D eigenvalue weighted by atomic mass is 10.0. The fourth-order valence-electron chi connectivity index (χ4n) is 2.32. The van der Waals surface area contributed by atoms with Crippen molar-refractivity contribution >= 4 is 0 Å². The quantitative estimate of drug-likeness (QED) is 0.721. The highest BCUT2D eigenvalue weighted by molar-refractivity contribution is 5.00. The van der Waals surface area contributed by atoms with E-state index >= 15 is 0 Å². The molecule has 0 spiro atoms. The van der Waals surface area contributed by atoms with Crippen molar-refractivity contribution in [3.8, 4) is 0 Å². The van der Waals surface area contributed by atoms with Crippen molar-refractivity contribution in [3.63, 3.8) is 0 Å². The van der Waals surface area contributed by atoms with Crippen molar-refractivity contribution in [2.45, 2.75) is 45.7 Å². The first-order valence-corrected chi connectivity index (χ1v) is 6.60. The average molecular weight is 237 g/mol. The molecule has 1 fully saturated rings. The molecule has 0 amide bonds. The molecule has 0 aromatic carbocycles. The minimum absolute atomic E-state index is 0.315. The summed E-state index contributed by atoms with van der Waals surface area (Å²) in [6, 6.07) is 0. The van der Waals surface area contributed by atoms with Crippen LogP contribution in [0.2, 0.25) is 0 Å². The van der Waals surface area contributed by atoms with Crippen LogP contribution < -0.4 is 5.32 Å². The second-order valence-electron chi connectivity index (χ2n) is 5.16. The normalized spacial score (nSPS) is 17.3. The van der Waals surface area contributed by atoms with Crippen LogP contribution in [0.3, 0.4) is 0 Å². The first-order chi connectivity index (χ1) is 8.29. The maximum atomic E-state index is 9.00. The molecule has 0 bridgehead atoms. The lowest BCUT2D eigenvalue weighted by Gasteiger charge is -2.15.